The Labute approximate surface area is 139 Å². The van der Waals surface area contributed by atoms with Crippen molar-refractivity contribution in [3.63, 3.8) is 0 Å². The molecule has 0 amide bonds. The summed E-state index contributed by atoms with van der Waals surface area (Å²) >= 11 is 5.80. The Morgan fingerprint density at radius 1 is 1.09 bits per heavy atom. The Balaban J connectivity index is 2.12. The van der Waals surface area contributed by atoms with Crippen LogP contribution in [0.3, 0.4) is 0 Å². The summed E-state index contributed by atoms with van der Waals surface area (Å²) in [4.78, 5) is 24.3. The minimum absolute atomic E-state index is 0.0261. The van der Waals surface area contributed by atoms with E-state index in [4.69, 9.17) is 16.3 Å². The largest absolute Gasteiger partial charge is 0.454 e. The number of Topliss-reactive ketones (excluding diaryl/α,β-unsaturated/α-hetero) is 1. The Bertz CT molecular complexity index is 761. The van der Waals surface area contributed by atoms with Crippen LogP contribution >= 0.6 is 11.6 Å². The van der Waals surface area contributed by atoms with Gasteiger partial charge in [0.05, 0.1) is 10.6 Å². The van der Waals surface area contributed by atoms with Crippen LogP contribution in [0.2, 0.25) is 5.02 Å². The van der Waals surface area contributed by atoms with Crippen molar-refractivity contribution in [1.82, 2.24) is 0 Å². The van der Waals surface area contributed by atoms with Crippen LogP contribution in [0.5, 0.6) is 0 Å². The first-order valence-corrected chi connectivity index (χ1v) is 7.40. The molecule has 2 rings (SSSR count). The molecular formula is C18H16ClFO3. The molecule has 120 valence electrons. The van der Waals surface area contributed by atoms with Crippen molar-refractivity contribution >= 4 is 23.4 Å². The van der Waals surface area contributed by atoms with E-state index in [-0.39, 0.29) is 16.4 Å². The fraction of sp³-hybridized carbons (Fsp3) is 0.222. The van der Waals surface area contributed by atoms with Crippen LogP contribution in [0, 0.1) is 26.6 Å². The summed E-state index contributed by atoms with van der Waals surface area (Å²) in [5.74, 6) is -1.59. The number of ketones is 1. The summed E-state index contributed by atoms with van der Waals surface area (Å²) in [6.07, 6.45) is 0. The molecule has 0 heterocycles. The van der Waals surface area contributed by atoms with Gasteiger partial charge in [-0.15, -0.1) is 0 Å². The standard InChI is InChI=1S/C18H16ClFO3/c1-10-6-11(2)17(12(3)7-10)16(21)9-23-18(22)14-5-4-13(20)8-15(14)19/h4-8H,9H2,1-3H3. The fourth-order valence-electron chi connectivity index (χ4n) is 2.56. The van der Waals surface area contributed by atoms with Crippen molar-refractivity contribution in [3.8, 4) is 0 Å². The molecule has 0 fully saturated rings. The summed E-state index contributed by atoms with van der Waals surface area (Å²) in [5.41, 5.74) is 3.31. The number of esters is 1. The zero-order valence-electron chi connectivity index (χ0n) is 13.1. The molecule has 2 aromatic carbocycles. The Morgan fingerprint density at radius 3 is 2.26 bits per heavy atom. The maximum absolute atomic E-state index is 13.0. The van der Waals surface area contributed by atoms with Crippen LogP contribution in [0.15, 0.2) is 30.3 Å². The zero-order valence-corrected chi connectivity index (χ0v) is 13.8. The van der Waals surface area contributed by atoms with Gasteiger partial charge in [0.15, 0.2) is 6.61 Å². The predicted molar refractivity (Wildman–Crippen MR) is 86.7 cm³/mol. The smallest absolute Gasteiger partial charge is 0.340 e. The number of benzene rings is 2. The van der Waals surface area contributed by atoms with Crippen molar-refractivity contribution in [2.24, 2.45) is 0 Å². The molecule has 0 saturated carbocycles. The first-order chi connectivity index (χ1) is 10.8. The normalized spacial score (nSPS) is 10.5. The lowest BCUT2D eigenvalue weighted by atomic mass is 9.97. The third-order valence-electron chi connectivity index (χ3n) is 3.44. The second kappa shape index (κ2) is 6.92. The molecule has 0 saturated heterocycles. The summed E-state index contributed by atoms with van der Waals surface area (Å²) in [7, 11) is 0. The first-order valence-electron chi connectivity index (χ1n) is 7.03. The lowest BCUT2D eigenvalue weighted by molar-refractivity contribution is 0.0474. The highest BCUT2D eigenvalue weighted by molar-refractivity contribution is 6.33. The zero-order chi connectivity index (χ0) is 17.1. The molecule has 0 aromatic heterocycles. The van der Waals surface area contributed by atoms with Crippen LogP contribution < -0.4 is 0 Å². The van der Waals surface area contributed by atoms with Gasteiger partial charge < -0.3 is 4.74 Å². The highest BCUT2D eigenvalue weighted by atomic mass is 35.5. The molecule has 0 spiro atoms. The molecule has 0 radical (unpaired) electrons. The number of ether oxygens (including phenoxy) is 1. The first kappa shape index (κ1) is 17.2. The summed E-state index contributed by atoms with van der Waals surface area (Å²) in [6, 6.07) is 7.16. The van der Waals surface area contributed by atoms with Crippen LogP contribution in [0.4, 0.5) is 4.39 Å². The quantitative estimate of drug-likeness (QED) is 0.613. The topological polar surface area (TPSA) is 43.4 Å². The van der Waals surface area contributed by atoms with E-state index in [9.17, 15) is 14.0 Å². The second-order valence-corrected chi connectivity index (χ2v) is 5.80. The Hall–Kier alpha value is -2.20. The van der Waals surface area contributed by atoms with Gasteiger partial charge in [-0.3, -0.25) is 4.79 Å². The maximum Gasteiger partial charge on any atom is 0.340 e. The number of rotatable bonds is 4. The summed E-state index contributed by atoms with van der Waals surface area (Å²) in [6.45, 7) is 5.24. The number of carbonyl (C=O) groups is 2. The summed E-state index contributed by atoms with van der Waals surface area (Å²) in [5, 5.41) is -0.0508. The van der Waals surface area contributed by atoms with Crippen LogP contribution in [-0.2, 0) is 4.74 Å². The third-order valence-corrected chi connectivity index (χ3v) is 3.75. The third kappa shape index (κ3) is 3.96. The molecule has 0 aliphatic heterocycles. The molecule has 0 atom stereocenters. The highest BCUT2D eigenvalue weighted by Gasteiger charge is 2.17. The Kier molecular flexibility index (Phi) is 5.16. The average Bonchev–Trinajstić information content (AvgIpc) is 2.43. The van der Waals surface area contributed by atoms with E-state index in [1.54, 1.807) is 0 Å². The van der Waals surface area contributed by atoms with Crippen LogP contribution in [-0.4, -0.2) is 18.4 Å². The van der Waals surface area contributed by atoms with E-state index in [2.05, 4.69) is 0 Å². The lowest BCUT2D eigenvalue weighted by Crippen LogP contribution is -2.16. The molecule has 0 aliphatic carbocycles. The highest BCUT2D eigenvalue weighted by Crippen LogP contribution is 2.20. The molecule has 0 bridgehead atoms. The number of aryl methyl sites for hydroxylation is 3. The number of carbonyl (C=O) groups excluding carboxylic acids is 2. The number of halogens is 2. The van der Waals surface area contributed by atoms with Gasteiger partial charge in [-0.05, 0) is 50.1 Å². The van der Waals surface area contributed by atoms with Gasteiger partial charge >= 0.3 is 5.97 Å². The van der Waals surface area contributed by atoms with Gasteiger partial charge in [0.25, 0.3) is 0 Å². The molecule has 5 heteroatoms. The van der Waals surface area contributed by atoms with Crippen molar-refractivity contribution in [2.45, 2.75) is 20.8 Å². The molecule has 0 unspecified atom stereocenters. The van der Waals surface area contributed by atoms with Crippen molar-refractivity contribution in [1.29, 1.82) is 0 Å². The minimum Gasteiger partial charge on any atom is -0.454 e. The molecule has 23 heavy (non-hydrogen) atoms. The number of hydrogen-bond acceptors (Lipinski definition) is 3. The molecule has 0 N–H and O–H groups in total. The monoisotopic (exact) mass is 334 g/mol. The van der Waals surface area contributed by atoms with E-state index < -0.39 is 18.4 Å². The molecular weight excluding hydrogens is 319 g/mol. The van der Waals surface area contributed by atoms with E-state index in [1.165, 1.54) is 6.07 Å². The fourth-order valence-corrected chi connectivity index (χ4v) is 2.80. The predicted octanol–water partition coefficient (Wildman–Crippen LogP) is 4.44. The molecule has 3 nitrogen and oxygen atoms in total. The van der Waals surface area contributed by atoms with Gasteiger partial charge in [0, 0.05) is 5.56 Å². The van der Waals surface area contributed by atoms with E-state index in [0.717, 1.165) is 28.8 Å². The molecule has 2 aromatic rings. The second-order valence-electron chi connectivity index (χ2n) is 5.40. The maximum atomic E-state index is 13.0. The SMILES string of the molecule is Cc1cc(C)c(C(=O)COC(=O)c2ccc(F)cc2Cl)c(C)c1. The van der Waals surface area contributed by atoms with E-state index >= 15 is 0 Å². The average molecular weight is 335 g/mol. The minimum atomic E-state index is -0.759. The number of hydrogen-bond donors (Lipinski definition) is 0. The molecule has 0 aliphatic rings. The Morgan fingerprint density at radius 2 is 1.70 bits per heavy atom. The van der Waals surface area contributed by atoms with Crippen molar-refractivity contribution in [2.75, 3.05) is 6.61 Å². The van der Waals surface area contributed by atoms with Gasteiger partial charge in [-0.1, -0.05) is 29.3 Å². The van der Waals surface area contributed by atoms with Crippen LogP contribution in [0.1, 0.15) is 37.4 Å². The van der Waals surface area contributed by atoms with Crippen molar-refractivity contribution in [3.05, 3.63) is 69.0 Å². The van der Waals surface area contributed by atoms with Gasteiger partial charge in [-0.2, -0.15) is 0 Å². The van der Waals surface area contributed by atoms with Crippen LogP contribution in [0.25, 0.3) is 0 Å². The van der Waals surface area contributed by atoms with E-state index in [0.29, 0.717) is 5.56 Å². The van der Waals surface area contributed by atoms with Gasteiger partial charge in [-0.25, -0.2) is 9.18 Å². The van der Waals surface area contributed by atoms with E-state index in [1.807, 2.05) is 32.9 Å². The van der Waals surface area contributed by atoms with Gasteiger partial charge in [0.1, 0.15) is 5.82 Å². The van der Waals surface area contributed by atoms with Gasteiger partial charge in [0.2, 0.25) is 5.78 Å². The lowest BCUT2D eigenvalue weighted by Gasteiger charge is -2.11. The summed E-state index contributed by atoms with van der Waals surface area (Å²) < 4.78 is 18.0. The van der Waals surface area contributed by atoms with Crippen molar-refractivity contribution < 1.29 is 18.7 Å².